The van der Waals surface area contributed by atoms with Crippen LogP contribution in [0.3, 0.4) is 0 Å². The molecule has 0 spiro atoms. The minimum absolute atomic E-state index is 0.110. The standard InChI is InChI=1S/C22H23N3OS/c1-17-23-20(19-10-6-3-7-11-19)21(27-17)22(26)25-14-12-24(13-15-25)16-18-8-4-2-5-9-18/h2-11H,12-16H2,1H3. The molecule has 0 bridgehead atoms. The summed E-state index contributed by atoms with van der Waals surface area (Å²) in [5, 5.41) is 0.930. The average molecular weight is 378 g/mol. The molecule has 1 aliphatic rings. The summed E-state index contributed by atoms with van der Waals surface area (Å²) in [5.74, 6) is 0.110. The summed E-state index contributed by atoms with van der Waals surface area (Å²) >= 11 is 1.50. The number of carbonyl (C=O) groups excluding carboxylic acids is 1. The lowest BCUT2D eigenvalue weighted by Gasteiger charge is -2.34. The highest BCUT2D eigenvalue weighted by Gasteiger charge is 2.26. The number of hydrogen-bond donors (Lipinski definition) is 0. The first-order chi connectivity index (χ1) is 13.2. The van der Waals surface area contributed by atoms with Crippen LogP contribution in [-0.4, -0.2) is 46.9 Å². The van der Waals surface area contributed by atoms with Gasteiger partial charge in [0.2, 0.25) is 0 Å². The maximum absolute atomic E-state index is 13.2. The van der Waals surface area contributed by atoms with E-state index < -0.39 is 0 Å². The van der Waals surface area contributed by atoms with Gasteiger partial charge in [0, 0.05) is 38.3 Å². The van der Waals surface area contributed by atoms with E-state index in [1.807, 2.05) is 48.2 Å². The van der Waals surface area contributed by atoms with Crippen LogP contribution in [0.2, 0.25) is 0 Å². The van der Waals surface area contributed by atoms with E-state index >= 15 is 0 Å². The van der Waals surface area contributed by atoms with Gasteiger partial charge in [-0.1, -0.05) is 60.7 Å². The minimum atomic E-state index is 0.110. The number of rotatable bonds is 4. The van der Waals surface area contributed by atoms with E-state index in [4.69, 9.17) is 0 Å². The third-order valence-electron chi connectivity index (χ3n) is 4.88. The molecule has 1 aliphatic heterocycles. The van der Waals surface area contributed by atoms with Gasteiger partial charge in [-0.3, -0.25) is 9.69 Å². The fourth-order valence-electron chi connectivity index (χ4n) is 3.46. The van der Waals surface area contributed by atoms with Crippen LogP contribution in [0.1, 0.15) is 20.2 Å². The molecular weight excluding hydrogens is 354 g/mol. The Morgan fingerprint density at radius 2 is 1.59 bits per heavy atom. The normalized spacial score (nSPS) is 15.1. The van der Waals surface area contributed by atoms with Crippen LogP contribution >= 0.6 is 11.3 Å². The Morgan fingerprint density at radius 1 is 0.963 bits per heavy atom. The molecule has 0 saturated carbocycles. The molecule has 2 aromatic carbocycles. The molecule has 0 aliphatic carbocycles. The predicted molar refractivity (Wildman–Crippen MR) is 110 cm³/mol. The Labute approximate surface area is 164 Å². The quantitative estimate of drug-likeness (QED) is 0.687. The zero-order valence-electron chi connectivity index (χ0n) is 15.5. The Bertz CT molecular complexity index is 900. The van der Waals surface area contributed by atoms with Crippen LogP contribution < -0.4 is 0 Å². The topological polar surface area (TPSA) is 36.4 Å². The molecule has 1 saturated heterocycles. The number of amides is 1. The van der Waals surface area contributed by atoms with E-state index in [0.717, 1.165) is 53.9 Å². The Balaban J connectivity index is 1.44. The lowest BCUT2D eigenvalue weighted by atomic mass is 10.1. The molecule has 0 atom stereocenters. The van der Waals surface area contributed by atoms with Gasteiger partial charge in [0.15, 0.2) is 0 Å². The van der Waals surface area contributed by atoms with Gasteiger partial charge < -0.3 is 4.90 Å². The third kappa shape index (κ3) is 4.10. The first-order valence-corrected chi connectivity index (χ1v) is 10.1. The van der Waals surface area contributed by atoms with E-state index in [2.05, 4.69) is 34.1 Å². The first-order valence-electron chi connectivity index (χ1n) is 9.29. The van der Waals surface area contributed by atoms with Crippen molar-refractivity contribution in [1.82, 2.24) is 14.8 Å². The van der Waals surface area contributed by atoms with E-state index in [0.29, 0.717) is 0 Å². The number of hydrogen-bond acceptors (Lipinski definition) is 4. The van der Waals surface area contributed by atoms with Gasteiger partial charge in [-0.2, -0.15) is 0 Å². The highest BCUT2D eigenvalue weighted by atomic mass is 32.1. The van der Waals surface area contributed by atoms with Crippen molar-refractivity contribution < 1.29 is 4.79 Å². The number of aromatic nitrogens is 1. The molecule has 0 radical (unpaired) electrons. The lowest BCUT2D eigenvalue weighted by Crippen LogP contribution is -2.48. The summed E-state index contributed by atoms with van der Waals surface area (Å²) in [6, 6.07) is 20.5. The number of aryl methyl sites for hydroxylation is 1. The van der Waals surface area contributed by atoms with Crippen LogP contribution in [0.25, 0.3) is 11.3 Å². The largest absolute Gasteiger partial charge is 0.335 e. The SMILES string of the molecule is Cc1nc(-c2ccccc2)c(C(=O)N2CCN(Cc3ccccc3)CC2)s1. The van der Waals surface area contributed by atoms with Crippen molar-refractivity contribution >= 4 is 17.2 Å². The highest BCUT2D eigenvalue weighted by Crippen LogP contribution is 2.29. The second-order valence-electron chi connectivity index (χ2n) is 6.83. The van der Waals surface area contributed by atoms with Crippen molar-refractivity contribution in [3.8, 4) is 11.3 Å². The summed E-state index contributed by atoms with van der Waals surface area (Å²) in [6.45, 7) is 6.23. The zero-order valence-corrected chi connectivity index (χ0v) is 16.3. The van der Waals surface area contributed by atoms with Crippen LogP contribution in [0.15, 0.2) is 60.7 Å². The van der Waals surface area contributed by atoms with E-state index in [9.17, 15) is 4.79 Å². The van der Waals surface area contributed by atoms with Crippen molar-refractivity contribution in [3.63, 3.8) is 0 Å². The van der Waals surface area contributed by atoms with Crippen molar-refractivity contribution in [3.05, 3.63) is 76.1 Å². The van der Waals surface area contributed by atoms with Gasteiger partial charge in [-0.15, -0.1) is 11.3 Å². The molecule has 1 amide bonds. The van der Waals surface area contributed by atoms with Crippen molar-refractivity contribution in [1.29, 1.82) is 0 Å². The molecule has 2 heterocycles. The van der Waals surface area contributed by atoms with E-state index in [-0.39, 0.29) is 5.91 Å². The molecule has 27 heavy (non-hydrogen) atoms. The molecule has 1 aromatic heterocycles. The van der Waals surface area contributed by atoms with Gasteiger partial charge in [0.05, 0.1) is 10.7 Å². The minimum Gasteiger partial charge on any atom is -0.335 e. The Kier molecular flexibility index (Phi) is 5.32. The van der Waals surface area contributed by atoms with E-state index in [1.165, 1.54) is 16.9 Å². The number of piperazine rings is 1. The molecule has 0 N–H and O–H groups in total. The van der Waals surface area contributed by atoms with Gasteiger partial charge in [-0.05, 0) is 12.5 Å². The van der Waals surface area contributed by atoms with Gasteiger partial charge in [0.1, 0.15) is 4.88 Å². The molecule has 1 fully saturated rings. The van der Waals surface area contributed by atoms with Crippen molar-refractivity contribution in [2.45, 2.75) is 13.5 Å². The molecular formula is C22H23N3OS. The Morgan fingerprint density at radius 3 is 2.26 bits per heavy atom. The average Bonchev–Trinajstić information content (AvgIpc) is 3.11. The Hall–Kier alpha value is -2.50. The zero-order chi connectivity index (χ0) is 18.6. The number of carbonyl (C=O) groups is 1. The molecule has 3 aromatic rings. The maximum Gasteiger partial charge on any atom is 0.266 e. The van der Waals surface area contributed by atoms with Crippen LogP contribution in [0.4, 0.5) is 0 Å². The van der Waals surface area contributed by atoms with Crippen LogP contribution in [0, 0.1) is 6.92 Å². The fraction of sp³-hybridized carbons (Fsp3) is 0.273. The molecule has 138 valence electrons. The number of nitrogens with zero attached hydrogens (tertiary/aromatic N) is 3. The molecule has 4 nitrogen and oxygen atoms in total. The second kappa shape index (κ2) is 8.03. The second-order valence-corrected chi connectivity index (χ2v) is 8.03. The molecule has 5 heteroatoms. The summed E-state index contributed by atoms with van der Waals surface area (Å²) in [4.78, 5) is 22.9. The number of thiazole rings is 1. The van der Waals surface area contributed by atoms with Crippen LogP contribution in [0.5, 0.6) is 0 Å². The highest BCUT2D eigenvalue weighted by molar-refractivity contribution is 7.14. The fourth-order valence-corrected chi connectivity index (χ4v) is 4.37. The van der Waals surface area contributed by atoms with Crippen molar-refractivity contribution in [2.24, 2.45) is 0 Å². The summed E-state index contributed by atoms with van der Waals surface area (Å²) < 4.78 is 0. The lowest BCUT2D eigenvalue weighted by molar-refractivity contribution is 0.0633. The van der Waals surface area contributed by atoms with E-state index in [1.54, 1.807) is 0 Å². The monoisotopic (exact) mass is 377 g/mol. The van der Waals surface area contributed by atoms with Gasteiger partial charge >= 0.3 is 0 Å². The predicted octanol–water partition coefficient (Wildman–Crippen LogP) is 4.08. The first kappa shape index (κ1) is 17.9. The summed E-state index contributed by atoms with van der Waals surface area (Å²) in [6.07, 6.45) is 0. The van der Waals surface area contributed by atoms with Gasteiger partial charge in [-0.25, -0.2) is 4.98 Å². The smallest absolute Gasteiger partial charge is 0.266 e. The summed E-state index contributed by atoms with van der Waals surface area (Å²) in [5.41, 5.74) is 3.14. The maximum atomic E-state index is 13.2. The van der Waals surface area contributed by atoms with Crippen LogP contribution in [-0.2, 0) is 6.54 Å². The summed E-state index contributed by atoms with van der Waals surface area (Å²) in [7, 11) is 0. The van der Waals surface area contributed by atoms with Gasteiger partial charge in [0.25, 0.3) is 5.91 Å². The molecule has 0 unspecified atom stereocenters. The number of benzene rings is 2. The van der Waals surface area contributed by atoms with Crippen molar-refractivity contribution in [2.75, 3.05) is 26.2 Å². The third-order valence-corrected chi connectivity index (χ3v) is 5.84. The molecule has 4 rings (SSSR count).